The van der Waals surface area contributed by atoms with Crippen molar-refractivity contribution in [2.45, 2.75) is 9.79 Å². The van der Waals surface area contributed by atoms with Gasteiger partial charge in [0.15, 0.2) is 0 Å². The highest BCUT2D eigenvalue weighted by Crippen LogP contribution is 2.26. The number of hydrogen-bond donors (Lipinski definition) is 2. The molecule has 0 aliphatic rings. The summed E-state index contributed by atoms with van der Waals surface area (Å²) in [6, 6.07) is 30.6. The Balaban J connectivity index is 1.16. The summed E-state index contributed by atoms with van der Waals surface area (Å²) in [5, 5.41) is 1.47. The van der Waals surface area contributed by atoms with Crippen molar-refractivity contribution in [2.24, 2.45) is 0 Å². The number of nitrogens with zero attached hydrogens (tertiary/aromatic N) is 2. The third kappa shape index (κ3) is 5.22. The van der Waals surface area contributed by atoms with Crippen molar-refractivity contribution >= 4 is 53.2 Å². The molecule has 0 saturated heterocycles. The molecule has 0 aliphatic heterocycles. The van der Waals surface area contributed by atoms with Crippen LogP contribution in [0.1, 0.15) is 0 Å². The Kier molecular flexibility index (Phi) is 6.41. The summed E-state index contributed by atoms with van der Waals surface area (Å²) in [5.74, 6) is 0. The van der Waals surface area contributed by atoms with Gasteiger partial charge in [0.1, 0.15) is 0 Å². The van der Waals surface area contributed by atoms with Gasteiger partial charge in [-0.3, -0.25) is 19.4 Å². The van der Waals surface area contributed by atoms with Crippen molar-refractivity contribution < 1.29 is 16.8 Å². The molecule has 0 radical (unpaired) electrons. The highest BCUT2D eigenvalue weighted by Gasteiger charge is 2.16. The summed E-state index contributed by atoms with van der Waals surface area (Å²) < 4.78 is 56.9. The van der Waals surface area contributed by atoms with Crippen LogP contribution in [0.25, 0.3) is 32.9 Å². The second-order valence-electron chi connectivity index (χ2n) is 9.08. The van der Waals surface area contributed by atoms with E-state index in [4.69, 9.17) is 0 Å². The van der Waals surface area contributed by atoms with Crippen molar-refractivity contribution in [1.82, 2.24) is 9.97 Å². The van der Waals surface area contributed by atoms with Gasteiger partial charge in [-0.2, -0.15) is 0 Å². The molecule has 0 bridgehead atoms. The number of pyridine rings is 2. The molecule has 0 unspecified atom stereocenters. The molecule has 2 heterocycles. The number of rotatable bonds is 7. The van der Waals surface area contributed by atoms with Crippen molar-refractivity contribution in [2.75, 3.05) is 9.44 Å². The summed E-state index contributed by atoms with van der Waals surface area (Å²) in [6.45, 7) is 0. The first-order chi connectivity index (χ1) is 19.3. The lowest BCUT2D eigenvalue weighted by atomic mass is 10.1. The first kappa shape index (κ1) is 25.5. The van der Waals surface area contributed by atoms with E-state index in [0.29, 0.717) is 11.4 Å². The molecule has 10 heteroatoms. The van der Waals surface area contributed by atoms with Gasteiger partial charge in [-0.1, -0.05) is 36.4 Å². The molecule has 0 spiro atoms. The molecule has 0 atom stereocenters. The molecule has 2 aromatic heterocycles. The number of sulfonamides is 2. The zero-order valence-corrected chi connectivity index (χ0v) is 22.5. The molecular weight excluding hydrogens is 544 g/mol. The molecule has 0 aliphatic carbocycles. The van der Waals surface area contributed by atoms with Gasteiger partial charge in [0.05, 0.1) is 20.8 Å². The molecule has 8 nitrogen and oxygen atoms in total. The summed E-state index contributed by atoms with van der Waals surface area (Å²) in [4.78, 5) is 8.74. The van der Waals surface area contributed by atoms with Gasteiger partial charge < -0.3 is 0 Å². The van der Waals surface area contributed by atoms with E-state index in [1.54, 1.807) is 97.3 Å². The minimum atomic E-state index is -3.79. The fourth-order valence-corrected chi connectivity index (χ4v) is 6.52. The molecule has 6 rings (SSSR count). The molecule has 40 heavy (non-hydrogen) atoms. The Bertz CT molecular complexity index is 1930. The van der Waals surface area contributed by atoms with Crippen LogP contribution in [-0.4, -0.2) is 26.8 Å². The van der Waals surface area contributed by atoms with E-state index in [1.165, 1.54) is 12.1 Å². The van der Waals surface area contributed by atoms with Crippen LogP contribution >= 0.6 is 0 Å². The van der Waals surface area contributed by atoms with Gasteiger partial charge in [-0.25, -0.2) is 16.8 Å². The van der Waals surface area contributed by atoms with Gasteiger partial charge in [0, 0.05) is 34.5 Å². The number of fused-ring (bicyclic) bond motifs is 2. The van der Waals surface area contributed by atoms with Crippen LogP contribution in [0.4, 0.5) is 11.4 Å². The van der Waals surface area contributed by atoms with E-state index in [-0.39, 0.29) is 9.79 Å². The van der Waals surface area contributed by atoms with Crippen molar-refractivity contribution in [3.63, 3.8) is 0 Å². The summed E-state index contributed by atoms with van der Waals surface area (Å²) in [6.07, 6.45) is 3.32. The Morgan fingerprint density at radius 2 is 0.875 bits per heavy atom. The lowest BCUT2D eigenvalue weighted by molar-refractivity contribution is 0.599. The normalized spacial score (nSPS) is 11.9. The first-order valence-corrected chi connectivity index (χ1v) is 15.2. The Hall–Kier alpha value is -4.80. The summed E-state index contributed by atoms with van der Waals surface area (Å²) >= 11 is 0. The van der Waals surface area contributed by atoms with Crippen LogP contribution in [0.15, 0.2) is 131 Å². The average molecular weight is 567 g/mol. The van der Waals surface area contributed by atoms with Gasteiger partial charge in [0.2, 0.25) is 0 Å². The fraction of sp³-hybridized carbons (Fsp3) is 0. The largest absolute Gasteiger partial charge is 0.280 e. The van der Waals surface area contributed by atoms with Crippen molar-refractivity contribution in [1.29, 1.82) is 0 Å². The van der Waals surface area contributed by atoms with E-state index < -0.39 is 20.0 Å². The SMILES string of the molecule is O=S(=O)(Nc1ccc(-c2ccc(NS(=O)(=O)c3ccc4ncccc4c3)cc2)cc1)c1ccc2ncccc2c1. The van der Waals surface area contributed by atoms with E-state index in [2.05, 4.69) is 19.4 Å². The molecule has 0 fully saturated rings. The lowest BCUT2D eigenvalue weighted by Gasteiger charge is -2.11. The molecule has 2 N–H and O–H groups in total. The Morgan fingerprint density at radius 1 is 0.475 bits per heavy atom. The zero-order valence-electron chi connectivity index (χ0n) is 20.9. The van der Waals surface area contributed by atoms with Crippen LogP contribution in [0.3, 0.4) is 0 Å². The van der Waals surface area contributed by atoms with E-state index in [1.807, 2.05) is 12.1 Å². The molecule has 4 aromatic carbocycles. The summed E-state index contributed by atoms with van der Waals surface area (Å²) in [7, 11) is -7.57. The second kappa shape index (κ2) is 10.1. The zero-order chi connectivity index (χ0) is 27.7. The van der Waals surface area contributed by atoms with Crippen LogP contribution in [0.2, 0.25) is 0 Å². The molecule has 198 valence electrons. The van der Waals surface area contributed by atoms with Crippen molar-refractivity contribution in [3.8, 4) is 11.1 Å². The third-order valence-corrected chi connectivity index (χ3v) is 9.14. The minimum Gasteiger partial charge on any atom is -0.280 e. The van der Waals surface area contributed by atoms with Crippen LogP contribution < -0.4 is 9.44 Å². The van der Waals surface area contributed by atoms with Crippen LogP contribution in [0, 0.1) is 0 Å². The fourth-order valence-electron chi connectivity index (χ4n) is 4.33. The monoisotopic (exact) mass is 566 g/mol. The molecule has 0 amide bonds. The first-order valence-electron chi connectivity index (χ1n) is 12.2. The average Bonchev–Trinajstić information content (AvgIpc) is 2.97. The second-order valence-corrected chi connectivity index (χ2v) is 12.4. The van der Waals surface area contributed by atoms with Gasteiger partial charge in [-0.05, 0) is 83.9 Å². The number of nitrogens with one attached hydrogen (secondary N) is 2. The van der Waals surface area contributed by atoms with Crippen LogP contribution in [-0.2, 0) is 20.0 Å². The number of benzene rings is 4. The highest BCUT2D eigenvalue weighted by molar-refractivity contribution is 7.93. The maximum absolute atomic E-state index is 12.9. The van der Waals surface area contributed by atoms with Crippen molar-refractivity contribution in [3.05, 3.63) is 122 Å². The number of anilines is 2. The molecule has 6 aromatic rings. The maximum atomic E-state index is 12.9. The predicted octanol–water partition coefficient (Wildman–Crippen LogP) is 6.05. The van der Waals surface area contributed by atoms with Gasteiger partial charge in [0.25, 0.3) is 20.0 Å². The van der Waals surface area contributed by atoms with Crippen LogP contribution in [0.5, 0.6) is 0 Å². The Morgan fingerprint density at radius 3 is 1.27 bits per heavy atom. The Labute approximate surface area is 231 Å². The molecule has 0 saturated carbocycles. The predicted molar refractivity (Wildman–Crippen MR) is 157 cm³/mol. The summed E-state index contributed by atoms with van der Waals surface area (Å²) in [5.41, 5.74) is 3.97. The number of aromatic nitrogens is 2. The van der Waals surface area contributed by atoms with E-state index in [0.717, 1.165) is 32.9 Å². The quantitative estimate of drug-likeness (QED) is 0.243. The van der Waals surface area contributed by atoms with Gasteiger partial charge in [-0.15, -0.1) is 0 Å². The minimum absolute atomic E-state index is 0.149. The standard InChI is InChI=1S/C30H22N4O4S2/c35-39(36,27-13-15-29-23(19-27)3-1-17-31-29)33-25-9-5-21(6-10-25)22-7-11-26(12-8-22)34-40(37,38)28-14-16-30-24(20-28)4-2-18-32-30/h1-20,33-34H. The lowest BCUT2D eigenvalue weighted by Crippen LogP contribution is -2.13. The van der Waals surface area contributed by atoms with E-state index in [9.17, 15) is 16.8 Å². The highest BCUT2D eigenvalue weighted by atomic mass is 32.2. The smallest absolute Gasteiger partial charge is 0.261 e. The number of hydrogen-bond acceptors (Lipinski definition) is 6. The van der Waals surface area contributed by atoms with E-state index >= 15 is 0 Å². The maximum Gasteiger partial charge on any atom is 0.261 e. The van der Waals surface area contributed by atoms with Gasteiger partial charge >= 0.3 is 0 Å². The topological polar surface area (TPSA) is 118 Å². The third-order valence-electron chi connectivity index (χ3n) is 6.38. The molecular formula is C30H22N4O4S2.